The highest BCUT2D eigenvalue weighted by molar-refractivity contribution is 9.10. The van der Waals surface area contributed by atoms with Crippen LogP contribution in [0, 0.1) is 10.1 Å². The van der Waals surface area contributed by atoms with Gasteiger partial charge in [0.2, 0.25) is 0 Å². The third kappa shape index (κ3) is 3.17. The summed E-state index contributed by atoms with van der Waals surface area (Å²) in [5, 5.41) is 10.7. The highest BCUT2D eigenvalue weighted by Crippen LogP contribution is 2.31. The summed E-state index contributed by atoms with van der Waals surface area (Å²) in [6.45, 7) is 1.30. The van der Waals surface area contributed by atoms with Crippen LogP contribution >= 0.6 is 15.9 Å². The lowest BCUT2D eigenvalue weighted by Gasteiger charge is -2.23. The minimum Gasteiger partial charge on any atom is -0.487 e. The van der Waals surface area contributed by atoms with E-state index in [4.69, 9.17) is 9.47 Å². The number of benzene rings is 1. The van der Waals surface area contributed by atoms with E-state index < -0.39 is 4.92 Å². The number of hydrogen-bond acceptors (Lipinski definition) is 4. The van der Waals surface area contributed by atoms with Gasteiger partial charge < -0.3 is 9.47 Å². The van der Waals surface area contributed by atoms with E-state index in [9.17, 15) is 10.1 Å². The first-order chi connectivity index (χ1) is 8.16. The van der Waals surface area contributed by atoms with Gasteiger partial charge in [-0.1, -0.05) is 0 Å². The van der Waals surface area contributed by atoms with Crippen molar-refractivity contribution in [2.75, 3.05) is 13.2 Å². The van der Waals surface area contributed by atoms with Crippen LogP contribution in [0.25, 0.3) is 0 Å². The van der Waals surface area contributed by atoms with Crippen LogP contribution in [0.15, 0.2) is 22.7 Å². The summed E-state index contributed by atoms with van der Waals surface area (Å²) in [5.41, 5.74) is 0.0277. The van der Waals surface area contributed by atoms with Gasteiger partial charge in [-0.25, -0.2) is 0 Å². The first-order valence-electron chi connectivity index (χ1n) is 5.35. The third-order valence-electron chi connectivity index (χ3n) is 2.54. The van der Waals surface area contributed by atoms with Gasteiger partial charge in [0.15, 0.2) is 0 Å². The Hall–Kier alpha value is -1.14. The van der Waals surface area contributed by atoms with E-state index in [1.807, 2.05) is 0 Å². The van der Waals surface area contributed by atoms with Crippen molar-refractivity contribution in [3.63, 3.8) is 0 Å². The lowest BCUT2D eigenvalue weighted by Crippen LogP contribution is -2.28. The SMILES string of the molecule is O=[N+]([O-])c1ccc(Br)c(OC2CCCOC2)c1. The van der Waals surface area contributed by atoms with Gasteiger partial charge in [0.1, 0.15) is 11.9 Å². The summed E-state index contributed by atoms with van der Waals surface area (Å²) in [4.78, 5) is 10.2. The minimum absolute atomic E-state index is 0.0259. The molecule has 0 saturated carbocycles. The first kappa shape index (κ1) is 12.3. The minimum atomic E-state index is -0.434. The van der Waals surface area contributed by atoms with Crippen molar-refractivity contribution in [3.8, 4) is 5.75 Å². The Labute approximate surface area is 107 Å². The largest absolute Gasteiger partial charge is 0.487 e. The summed E-state index contributed by atoms with van der Waals surface area (Å²) in [6, 6.07) is 4.49. The second-order valence-electron chi connectivity index (χ2n) is 3.83. The normalized spacial score (nSPS) is 19.9. The maximum Gasteiger partial charge on any atom is 0.273 e. The molecule has 1 fully saturated rings. The maximum absolute atomic E-state index is 10.7. The van der Waals surface area contributed by atoms with Crippen LogP contribution in [-0.4, -0.2) is 24.2 Å². The molecule has 5 nitrogen and oxygen atoms in total. The number of non-ortho nitro benzene ring substituents is 1. The predicted octanol–water partition coefficient (Wildman–Crippen LogP) is 2.92. The molecule has 0 bridgehead atoms. The molecule has 0 aliphatic carbocycles. The van der Waals surface area contributed by atoms with Crippen molar-refractivity contribution in [1.82, 2.24) is 0 Å². The number of ether oxygens (including phenoxy) is 2. The fourth-order valence-electron chi connectivity index (χ4n) is 1.68. The van der Waals surface area contributed by atoms with Crippen molar-refractivity contribution < 1.29 is 14.4 Å². The van der Waals surface area contributed by atoms with Crippen LogP contribution in [0.3, 0.4) is 0 Å². The number of nitro groups is 1. The van der Waals surface area contributed by atoms with Gasteiger partial charge >= 0.3 is 0 Å². The lowest BCUT2D eigenvalue weighted by molar-refractivity contribution is -0.385. The fraction of sp³-hybridized carbons (Fsp3) is 0.455. The third-order valence-corrected chi connectivity index (χ3v) is 3.19. The summed E-state index contributed by atoms with van der Waals surface area (Å²) < 4.78 is 11.7. The molecule has 1 saturated heterocycles. The highest BCUT2D eigenvalue weighted by Gasteiger charge is 2.18. The molecule has 0 aromatic heterocycles. The molecular weight excluding hydrogens is 290 g/mol. The predicted molar refractivity (Wildman–Crippen MR) is 65.3 cm³/mol. The smallest absolute Gasteiger partial charge is 0.273 e. The van der Waals surface area contributed by atoms with Crippen LogP contribution in [0.1, 0.15) is 12.8 Å². The Kier molecular flexibility index (Phi) is 3.96. The van der Waals surface area contributed by atoms with Crippen LogP contribution in [0.5, 0.6) is 5.75 Å². The Morgan fingerprint density at radius 2 is 2.35 bits per heavy atom. The van der Waals surface area contributed by atoms with Crippen LogP contribution in [0.4, 0.5) is 5.69 Å². The quantitative estimate of drug-likeness (QED) is 0.636. The molecular formula is C11H12BrNO4. The first-order valence-corrected chi connectivity index (χ1v) is 6.14. The lowest BCUT2D eigenvalue weighted by atomic mass is 10.2. The molecule has 92 valence electrons. The van der Waals surface area contributed by atoms with E-state index >= 15 is 0 Å². The molecule has 1 unspecified atom stereocenters. The van der Waals surface area contributed by atoms with Crippen LogP contribution in [-0.2, 0) is 4.74 Å². The van der Waals surface area contributed by atoms with E-state index in [2.05, 4.69) is 15.9 Å². The van der Waals surface area contributed by atoms with Gasteiger partial charge in [-0.15, -0.1) is 0 Å². The molecule has 0 N–H and O–H groups in total. The molecule has 0 spiro atoms. The van der Waals surface area contributed by atoms with Crippen molar-refractivity contribution in [3.05, 3.63) is 32.8 Å². The van der Waals surface area contributed by atoms with E-state index in [1.165, 1.54) is 12.1 Å². The number of nitrogens with zero attached hydrogens (tertiary/aromatic N) is 1. The fourth-order valence-corrected chi connectivity index (χ4v) is 2.02. The van der Waals surface area contributed by atoms with E-state index in [-0.39, 0.29) is 11.8 Å². The zero-order valence-corrected chi connectivity index (χ0v) is 10.7. The number of hydrogen-bond donors (Lipinski definition) is 0. The van der Waals surface area contributed by atoms with Crippen LogP contribution < -0.4 is 4.74 Å². The molecule has 0 radical (unpaired) electrons. The topological polar surface area (TPSA) is 61.6 Å². The van der Waals surface area contributed by atoms with Crippen LogP contribution in [0.2, 0.25) is 0 Å². The van der Waals surface area contributed by atoms with Crippen molar-refractivity contribution in [2.45, 2.75) is 18.9 Å². The Morgan fingerprint density at radius 3 is 3.00 bits per heavy atom. The van der Waals surface area contributed by atoms with Gasteiger partial charge in [0.05, 0.1) is 22.1 Å². The Balaban J connectivity index is 2.13. The molecule has 6 heteroatoms. The van der Waals surface area contributed by atoms with Crippen molar-refractivity contribution in [2.24, 2.45) is 0 Å². The maximum atomic E-state index is 10.7. The summed E-state index contributed by atoms with van der Waals surface area (Å²) in [6.07, 6.45) is 1.84. The van der Waals surface area contributed by atoms with E-state index in [1.54, 1.807) is 6.07 Å². The molecule has 1 aliphatic rings. The molecule has 1 atom stereocenters. The highest BCUT2D eigenvalue weighted by atomic mass is 79.9. The van der Waals surface area contributed by atoms with Gasteiger partial charge in [0, 0.05) is 12.7 Å². The number of halogens is 1. The average Bonchev–Trinajstić information content (AvgIpc) is 2.33. The zero-order valence-electron chi connectivity index (χ0n) is 9.10. The summed E-state index contributed by atoms with van der Waals surface area (Å²) in [5.74, 6) is 0.495. The Bertz CT molecular complexity index is 418. The number of nitro benzene ring substituents is 1. The van der Waals surface area contributed by atoms with Gasteiger partial charge in [-0.2, -0.15) is 0 Å². The average molecular weight is 302 g/mol. The standard InChI is InChI=1S/C11H12BrNO4/c12-10-4-3-8(13(14)15)6-11(10)17-9-2-1-5-16-7-9/h3-4,6,9H,1-2,5,7H2. The second kappa shape index (κ2) is 5.46. The van der Waals surface area contributed by atoms with E-state index in [0.29, 0.717) is 16.8 Å². The molecule has 1 aromatic rings. The molecule has 1 aromatic carbocycles. The monoisotopic (exact) mass is 301 g/mol. The molecule has 2 rings (SSSR count). The molecule has 0 amide bonds. The molecule has 1 aliphatic heterocycles. The number of rotatable bonds is 3. The summed E-state index contributed by atoms with van der Waals surface area (Å²) >= 11 is 3.32. The van der Waals surface area contributed by atoms with Crippen molar-refractivity contribution >= 4 is 21.6 Å². The zero-order chi connectivity index (χ0) is 12.3. The molecule has 17 heavy (non-hydrogen) atoms. The Morgan fingerprint density at radius 1 is 1.53 bits per heavy atom. The molecule has 1 heterocycles. The second-order valence-corrected chi connectivity index (χ2v) is 4.68. The van der Waals surface area contributed by atoms with E-state index in [0.717, 1.165) is 19.4 Å². The van der Waals surface area contributed by atoms with Gasteiger partial charge in [-0.05, 0) is 34.8 Å². The summed E-state index contributed by atoms with van der Waals surface area (Å²) in [7, 11) is 0. The van der Waals surface area contributed by atoms with Crippen molar-refractivity contribution in [1.29, 1.82) is 0 Å². The van der Waals surface area contributed by atoms with Gasteiger partial charge in [-0.3, -0.25) is 10.1 Å². The van der Waals surface area contributed by atoms with Gasteiger partial charge in [0.25, 0.3) is 5.69 Å².